The fraction of sp³-hybridized carbons (Fsp3) is 0.273. The Morgan fingerprint density at radius 2 is 2.00 bits per heavy atom. The minimum atomic E-state index is -4.45. The van der Waals surface area contributed by atoms with E-state index in [9.17, 15) is 18.0 Å². The van der Waals surface area contributed by atoms with Gasteiger partial charge in [-0.1, -0.05) is 29.8 Å². The summed E-state index contributed by atoms with van der Waals surface area (Å²) in [5, 5.41) is 9.14. The Bertz CT molecular complexity index is 675. The number of benzene rings is 1. The average molecular weight is 304 g/mol. The molecule has 6 nitrogen and oxygen atoms in total. The van der Waals surface area contributed by atoms with Gasteiger partial charge in [0.05, 0.1) is 5.56 Å². The van der Waals surface area contributed by atoms with Crippen molar-refractivity contribution >= 4 is 33.7 Å². The molecule has 0 fully saturated rings. The Balaban J connectivity index is 3.90. The maximum atomic E-state index is 11.9. The van der Waals surface area contributed by atoms with Crippen LogP contribution in [0, 0.1) is 0 Å². The van der Waals surface area contributed by atoms with Gasteiger partial charge in [-0.25, -0.2) is 9.59 Å². The number of carboxylic acids is 1. The molecule has 0 spiro atoms. The van der Waals surface area contributed by atoms with E-state index in [1.54, 1.807) is 13.8 Å². The summed E-state index contributed by atoms with van der Waals surface area (Å²) in [7, 11) is -4.45. The number of carbonyl (C=O) groups excluding carboxylic acids is 1. The van der Waals surface area contributed by atoms with Crippen molar-refractivity contribution in [1.82, 2.24) is 0 Å². The minimum Gasteiger partial charge on any atom is -0.478 e. The van der Waals surface area contributed by atoms with Crippen molar-refractivity contribution in [1.29, 1.82) is 0 Å². The number of carboxylic acid groups (broad SMARTS) is 1. The fourth-order valence-corrected chi connectivity index (χ4v) is 3.33. The van der Waals surface area contributed by atoms with E-state index in [1.165, 1.54) is 6.07 Å². The Morgan fingerprint density at radius 3 is 2.42 bits per heavy atom. The highest BCUT2D eigenvalue weighted by molar-refractivity contribution is 7.90. The van der Waals surface area contributed by atoms with Gasteiger partial charge in [0, 0.05) is 5.02 Å². The molecule has 0 atom stereocenters. The number of aromatic carboxylic acids is 1. The summed E-state index contributed by atoms with van der Waals surface area (Å²) < 4.78 is 26.5. The topological polar surface area (TPSA) is 101 Å². The van der Waals surface area contributed by atoms with E-state index in [0.29, 0.717) is 0 Å². The maximum Gasteiger partial charge on any atom is 0.337 e. The first-order valence-electron chi connectivity index (χ1n) is 5.12. The molecule has 0 unspecified atom stereocenters. The molecule has 0 aliphatic heterocycles. The number of hydrogen-bond acceptors (Lipinski definition) is 4. The van der Waals surface area contributed by atoms with Crippen LogP contribution in [-0.4, -0.2) is 25.6 Å². The number of rotatable bonds is 4. The zero-order valence-corrected chi connectivity index (χ0v) is 11.6. The van der Waals surface area contributed by atoms with Gasteiger partial charge in [-0.15, -0.1) is 0 Å². The van der Waals surface area contributed by atoms with E-state index in [1.807, 2.05) is 0 Å². The summed E-state index contributed by atoms with van der Waals surface area (Å²) in [6, 6.07) is 2.35. The number of isocyanates is 1. The molecule has 0 aliphatic carbocycles. The van der Waals surface area contributed by atoms with Crippen LogP contribution in [0.4, 0.5) is 0 Å². The molecule has 0 bridgehead atoms. The Kier molecular flexibility index (Phi) is 4.47. The van der Waals surface area contributed by atoms with E-state index in [4.69, 9.17) is 16.7 Å². The van der Waals surface area contributed by atoms with Crippen LogP contribution in [0.2, 0.25) is 5.02 Å². The predicted molar refractivity (Wildman–Crippen MR) is 67.8 cm³/mol. The highest BCUT2D eigenvalue weighted by atomic mass is 35.5. The third-order valence-electron chi connectivity index (χ3n) is 2.37. The lowest BCUT2D eigenvalue weighted by Gasteiger charge is -2.14. The molecule has 1 aromatic rings. The molecule has 1 N–H and O–H groups in total. The van der Waals surface area contributed by atoms with Crippen LogP contribution in [0.25, 0.3) is 0 Å². The number of carbonyl (C=O) groups is 1. The third-order valence-corrected chi connectivity index (χ3v) is 3.97. The smallest absolute Gasteiger partial charge is 0.337 e. The Labute approximate surface area is 114 Å². The first kappa shape index (κ1) is 15.4. The number of sulfonamides is 1. The van der Waals surface area contributed by atoms with E-state index >= 15 is 0 Å². The first-order valence-corrected chi connectivity index (χ1v) is 6.94. The summed E-state index contributed by atoms with van der Waals surface area (Å²) in [5.41, 5.74) is -0.368. The normalized spacial score (nSPS) is 11.2. The minimum absolute atomic E-state index is 0.0969. The van der Waals surface area contributed by atoms with E-state index < -0.39 is 26.5 Å². The van der Waals surface area contributed by atoms with Crippen molar-refractivity contribution < 1.29 is 23.1 Å². The van der Waals surface area contributed by atoms with Gasteiger partial charge in [0.15, 0.2) is 0 Å². The second-order valence-electron chi connectivity index (χ2n) is 3.96. The van der Waals surface area contributed by atoms with E-state index in [2.05, 4.69) is 4.40 Å². The molecule has 8 heteroatoms. The van der Waals surface area contributed by atoms with Crippen LogP contribution in [0.1, 0.15) is 35.7 Å². The first-order chi connectivity index (χ1) is 8.72. The van der Waals surface area contributed by atoms with Crippen molar-refractivity contribution in [2.75, 3.05) is 0 Å². The summed E-state index contributed by atoms with van der Waals surface area (Å²) in [4.78, 5) is 20.7. The highest BCUT2D eigenvalue weighted by Crippen LogP contribution is 2.34. The zero-order chi connectivity index (χ0) is 14.8. The molecule has 0 saturated heterocycles. The summed E-state index contributed by atoms with van der Waals surface area (Å²) in [6.07, 6.45) is 0.909. The molecular formula is C11H10ClNO5S. The van der Waals surface area contributed by atoms with Crippen molar-refractivity contribution in [2.24, 2.45) is 4.40 Å². The number of halogens is 1. The van der Waals surface area contributed by atoms with Gasteiger partial charge < -0.3 is 5.11 Å². The average Bonchev–Trinajstić information content (AvgIpc) is 2.27. The standard InChI is InChI=1S/C11H10ClNO5S/c1-6(2)9-8(12)4-3-7(11(15)16)10(9)19(17,18)13-5-14/h3-4,6H,1-2H3,(H,15,16). The molecule has 19 heavy (non-hydrogen) atoms. The second kappa shape index (κ2) is 5.52. The zero-order valence-electron chi connectivity index (χ0n) is 10.0. The van der Waals surface area contributed by atoms with Gasteiger partial charge in [-0.3, -0.25) is 0 Å². The molecule has 1 rings (SSSR count). The fourth-order valence-electron chi connectivity index (χ4n) is 1.65. The van der Waals surface area contributed by atoms with E-state index in [0.717, 1.165) is 12.1 Å². The van der Waals surface area contributed by atoms with Crippen LogP contribution in [0.5, 0.6) is 0 Å². The molecule has 0 aliphatic rings. The molecular weight excluding hydrogens is 294 g/mol. The Morgan fingerprint density at radius 1 is 1.42 bits per heavy atom. The predicted octanol–water partition coefficient (Wildman–Crippen LogP) is 2.19. The SMILES string of the molecule is CC(C)c1c(Cl)ccc(C(=O)O)c1S(=O)(=O)N=C=O. The van der Waals surface area contributed by atoms with Crippen molar-refractivity contribution in [3.8, 4) is 0 Å². The van der Waals surface area contributed by atoms with Crippen LogP contribution in [-0.2, 0) is 14.8 Å². The van der Waals surface area contributed by atoms with Crippen molar-refractivity contribution in [2.45, 2.75) is 24.7 Å². The molecule has 102 valence electrons. The molecule has 0 radical (unpaired) electrons. The maximum absolute atomic E-state index is 11.9. The Hall–Kier alpha value is -1.69. The van der Waals surface area contributed by atoms with Crippen LogP contribution < -0.4 is 0 Å². The van der Waals surface area contributed by atoms with Gasteiger partial charge in [0.2, 0.25) is 0 Å². The second-order valence-corrected chi connectivity index (χ2v) is 5.90. The monoisotopic (exact) mass is 303 g/mol. The third kappa shape index (κ3) is 3.01. The van der Waals surface area contributed by atoms with Gasteiger partial charge in [-0.2, -0.15) is 8.42 Å². The number of hydrogen-bond donors (Lipinski definition) is 1. The lowest BCUT2D eigenvalue weighted by atomic mass is 10.0. The summed E-state index contributed by atoms with van der Waals surface area (Å²) >= 11 is 5.91. The lowest BCUT2D eigenvalue weighted by Crippen LogP contribution is -2.12. The largest absolute Gasteiger partial charge is 0.478 e. The highest BCUT2D eigenvalue weighted by Gasteiger charge is 2.28. The summed E-state index contributed by atoms with van der Waals surface area (Å²) in [6.45, 7) is 3.30. The van der Waals surface area contributed by atoms with Gasteiger partial charge in [0.1, 0.15) is 4.90 Å². The quantitative estimate of drug-likeness (QED) is 0.678. The molecule has 1 aromatic carbocycles. The molecule has 0 aromatic heterocycles. The lowest BCUT2D eigenvalue weighted by molar-refractivity contribution is 0.0692. The van der Waals surface area contributed by atoms with E-state index in [-0.39, 0.29) is 16.5 Å². The van der Waals surface area contributed by atoms with Gasteiger partial charge in [0.25, 0.3) is 16.1 Å². The van der Waals surface area contributed by atoms with Crippen LogP contribution in [0.3, 0.4) is 0 Å². The summed E-state index contributed by atoms with van der Waals surface area (Å²) in [5.74, 6) is -1.81. The van der Waals surface area contributed by atoms with Crippen molar-refractivity contribution in [3.63, 3.8) is 0 Å². The van der Waals surface area contributed by atoms with Crippen molar-refractivity contribution in [3.05, 3.63) is 28.3 Å². The molecule has 0 heterocycles. The van der Waals surface area contributed by atoms with Gasteiger partial charge >= 0.3 is 5.97 Å². The number of nitrogens with zero attached hydrogens (tertiary/aromatic N) is 1. The van der Waals surface area contributed by atoms with Gasteiger partial charge in [-0.05, 0) is 23.6 Å². The van der Waals surface area contributed by atoms with Crippen LogP contribution in [0.15, 0.2) is 21.4 Å². The molecule has 0 saturated carbocycles. The van der Waals surface area contributed by atoms with Crippen LogP contribution >= 0.6 is 11.6 Å². The molecule has 0 amide bonds.